The van der Waals surface area contributed by atoms with Crippen molar-refractivity contribution in [3.63, 3.8) is 0 Å². The van der Waals surface area contributed by atoms with Crippen molar-refractivity contribution < 1.29 is 13.9 Å². The van der Waals surface area contributed by atoms with Crippen molar-refractivity contribution in [1.82, 2.24) is 15.3 Å². The Kier molecular flexibility index (Phi) is 4.79. The number of nitrogens with two attached hydrogens (primary N) is 1. The van der Waals surface area contributed by atoms with Gasteiger partial charge in [0, 0.05) is 0 Å². The van der Waals surface area contributed by atoms with E-state index in [0.717, 1.165) is 0 Å². The summed E-state index contributed by atoms with van der Waals surface area (Å²) in [7, 11) is 0. The number of hydrogen-bond donors (Lipinski definition) is 4. The smallest absolute Gasteiger partial charge is 0.326 e. The number of benzene rings is 1. The monoisotopic (exact) mass is 322 g/mol. The van der Waals surface area contributed by atoms with Crippen molar-refractivity contribution in [2.75, 3.05) is 12.3 Å². The van der Waals surface area contributed by atoms with Gasteiger partial charge >= 0.3 is 5.69 Å². The molecule has 1 heterocycles. The zero-order valence-electron chi connectivity index (χ0n) is 12.2. The number of H-pyrrole nitrogens is 2. The Labute approximate surface area is 129 Å². The molecule has 1 amide bonds. The van der Waals surface area contributed by atoms with Gasteiger partial charge in [0.25, 0.3) is 11.5 Å². The predicted molar refractivity (Wildman–Crippen MR) is 80.9 cm³/mol. The van der Waals surface area contributed by atoms with E-state index in [4.69, 9.17) is 10.5 Å². The molecule has 1 unspecified atom stereocenters. The van der Waals surface area contributed by atoms with Gasteiger partial charge in [0.1, 0.15) is 29.1 Å². The lowest BCUT2D eigenvalue weighted by atomic mass is 10.3. The number of aromatic nitrogens is 2. The lowest BCUT2D eigenvalue weighted by Gasteiger charge is -2.15. The van der Waals surface area contributed by atoms with Gasteiger partial charge in [0.15, 0.2) is 0 Å². The number of aromatic amines is 2. The van der Waals surface area contributed by atoms with Crippen LogP contribution in [0.2, 0.25) is 0 Å². The fourth-order valence-electron chi connectivity index (χ4n) is 1.79. The van der Waals surface area contributed by atoms with Crippen LogP contribution < -0.4 is 27.0 Å². The average Bonchev–Trinajstić information content (AvgIpc) is 2.50. The molecule has 0 spiro atoms. The molecule has 0 radical (unpaired) electrons. The van der Waals surface area contributed by atoms with Crippen molar-refractivity contribution in [3.8, 4) is 5.75 Å². The molecular formula is C14H15FN4O4. The van der Waals surface area contributed by atoms with Gasteiger partial charge in [-0.05, 0) is 31.2 Å². The standard InChI is InChI=1S/C14H15FN4O4/c1-7(23-9-4-2-8(15)3-5-9)6-17-13(21)11-10(16)12(20)19-14(22)18-11/h2-5,7H,6,16H2,1H3,(H,17,21)(H2,18,19,20,22). The highest BCUT2D eigenvalue weighted by Gasteiger charge is 2.15. The van der Waals surface area contributed by atoms with E-state index in [1.54, 1.807) is 6.92 Å². The molecule has 5 N–H and O–H groups in total. The van der Waals surface area contributed by atoms with Crippen molar-refractivity contribution in [3.05, 3.63) is 56.6 Å². The second kappa shape index (κ2) is 6.77. The van der Waals surface area contributed by atoms with Crippen molar-refractivity contribution in [2.45, 2.75) is 13.0 Å². The van der Waals surface area contributed by atoms with Gasteiger partial charge in [-0.3, -0.25) is 14.6 Å². The first-order valence-corrected chi connectivity index (χ1v) is 6.69. The number of nitrogens with one attached hydrogen (secondary N) is 3. The lowest BCUT2D eigenvalue weighted by Crippen LogP contribution is -2.37. The molecule has 2 aromatic rings. The summed E-state index contributed by atoms with van der Waals surface area (Å²) >= 11 is 0. The summed E-state index contributed by atoms with van der Waals surface area (Å²) in [6.07, 6.45) is -0.431. The molecule has 2 rings (SSSR count). The number of hydrogen-bond acceptors (Lipinski definition) is 5. The summed E-state index contributed by atoms with van der Waals surface area (Å²) in [6.45, 7) is 1.78. The molecule has 1 aromatic heterocycles. The van der Waals surface area contributed by atoms with E-state index in [2.05, 4.69) is 10.3 Å². The Morgan fingerprint density at radius 3 is 2.61 bits per heavy atom. The normalized spacial score (nSPS) is 11.7. The van der Waals surface area contributed by atoms with E-state index >= 15 is 0 Å². The minimum absolute atomic E-state index is 0.0878. The molecule has 0 bridgehead atoms. The first kappa shape index (κ1) is 16.3. The fraction of sp³-hybridized carbons (Fsp3) is 0.214. The zero-order chi connectivity index (χ0) is 17.0. The Morgan fingerprint density at radius 1 is 1.30 bits per heavy atom. The van der Waals surface area contributed by atoms with Gasteiger partial charge in [0.2, 0.25) is 0 Å². The molecular weight excluding hydrogens is 307 g/mol. The van der Waals surface area contributed by atoms with Crippen LogP contribution in [0.5, 0.6) is 5.75 Å². The van der Waals surface area contributed by atoms with Crippen LogP contribution in [0.1, 0.15) is 17.4 Å². The largest absolute Gasteiger partial charge is 0.489 e. The molecule has 0 aliphatic carbocycles. The number of amides is 1. The van der Waals surface area contributed by atoms with Crippen LogP contribution in [0, 0.1) is 5.82 Å². The summed E-state index contributed by atoms with van der Waals surface area (Å²) in [6, 6.07) is 5.42. The number of carbonyl (C=O) groups is 1. The number of halogens is 1. The number of anilines is 1. The molecule has 8 nitrogen and oxygen atoms in total. The van der Waals surface area contributed by atoms with Crippen molar-refractivity contribution >= 4 is 11.6 Å². The molecule has 0 aliphatic rings. The zero-order valence-corrected chi connectivity index (χ0v) is 12.2. The van der Waals surface area contributed by atoms with Crippen LogP contribution in [-0.4, -0.2) is 28.5 Å². The van der Waals surface area contributed by atoms with Crippen LogP contribution >= 0.6 is 0 Å². The van der Waals surface area contributed by atoms with Gasteiger partial charge in [0.05, 0.1) is 6.54 Å². The van der Waals surface area contributed by atoms with Gasteiger partial charge in [-0.25, -0.2) is 9.18 Å². The summed E-state index contributed by atoms with van der Waals surface area (Å²) in [5.74, 6) is -0.649. The third kappa shape index (κ3) is 4.19. The first-order chi connectivity index (χ1) is 10.9. The number of nitrogen functional groups attached to an aromatic ring is 1. The van der Waals surface area contributed by atoms with Crippen LogP contribution in [0.25, 0.3) is 0 Å². The molecule has 23 heavy (non-hydrogen) atoms. The number of carbonyl (C=O) groups excluding carboxylic acids is 1. The first-order valence-electron chi connectivity index (χ1n) is 6.69. The van der Waals surface area contributed by atoms with Gasteiger partial charge in [-0.1, -0.05) is 0 Å². The van der Waals surface area contributed by atoms with Crippen molar-refractivity contribution in [1.29, 1.82) is 0 Å². The number of rotatable bonds is 5. The second-order valence-corrected chi connectivity index (χ2v) is 4.79. The molecule has 122 valence electrons. The third-order valence-corrected chi connectivity index (χ3v) is 2.91. The van der Waals surface area contributed by atoms with E-state index in [1.807, 2.05) is 4.98 Å². The van der Waals surface area contributed by atoms with Crippen LogP contribution in [0.15, 0.2) is 33.9 Å². The Morgan fingerprint density at radius 2 is 1.96 bits per heavy atom. The van der Waals surface area contributed by atoms with E-state index in [9.17, 15) is 18.8 Å². The van der Waals surface area contributed by atoms with E-state index < -0.39 is 23.3 Å². The lowest BCUT2D eigenvalue weighted by molar-refractivity contribution is 0.0927. The van der Waals surface area contributed by atoms with Gasteiger partial charge in [-0.15, -0.1) is 0 Å². The highest BCUT2D eigenvalue weighted by molar-refractivity contribution is 5.96. The minimum atomic E-state index is -0.838. The summed E-state index contributed by atoms with van der Waals surface area (Å²) in [4.78, 5) is 38.5. The SMILES string of the molecule is CC(CNC(=O)c1[nH]c(=O)[nH]c(=O)c1N)Oc1ccc(F)cc1. The molecule has 1 aromatic carbocycles. The second-order valence-electron chi connectivity index (χ2n) is 4.79. The molecule has 0 aliphatic heterocycles. The molecule has 0 saturated heterocycles. The highest BCUT2D eigenvalue weighted by atomic mass is 19.1. The Bertz CT molecular complexity index is 813. The Balaban J connectivity index is 1.97. The predicted octanol–water partition coefficient (Wildman–Crippen LogP) is -0.0182. The van der Waals surface area contributed by atoms with E-state index in [1.165, 1.54) is 24.3 Å². The topological polar surface area (TPSA) is 130 Å². The van der Waals surface area contributed by atoms with Crippen LogP contribution in [-0.2, 0) is 0 Å². The molecule has 0 saturated carbocycles. The van der Waals surface area contributed by atoms with Crippen LogP contribution in [0.3, 0.4) is 0 Å². The summed E-state index contributed by atoms with van der Waals surface area (Å²) in [5, 5.41) is 2.48. The fourth-order valence-corrected chi connectivity index (χ4v) is 1.79. The van der Waals surface area contributed by atoms with Crippen molar-refractivity contribution in [2.24, 2.45) is 0 Å². The maximum Gasteiger partial charge on any atom is 0.326 e. The Hall–Kier alpha value is -3.10. The molecule has 0 fully saturated rings. The van der Waals surface area contributed by atoms with Gasteiger partial charge in [-0.2, -0.15) is 0 Å². The van der Waals surface area contributed by atoms with E-state index in [-0.39, 0.29) is 23.7 Å². The van der Waals surface area contributed by atoms with Crippen LogP contribution in [0.4, 0.5) is 10.1 Å². The van der Waals surface area contributed by atoms with E-state index in [0.29, 0.717) is 5.75 Å². The quantitative estimate of drug-likeness (QED) is 0.615. The molecule has 1 atom stereocenters. The summed E-state index contributed by atoms with van der Waals surface area (Å²) in [5.41, 5.74) is 3.10. The molecule has 9 heteroatoms. The average molecular weight is 322 g/mol. The number of ether oxygens (including phenoxy) is 1. The maximum absolute atomic E-state index is 12.8. The third-order valence-electron chi connectivity index (χ3n) is 2.91. The maximum atomic E-state index is 12.8. The highest BCUT2D eigenvalue weighted by Crippen LogP contribution is 2.12. The summed E-state index contributed by atoms with van der Waals surface area (Å²) < 4.78 is 18.3. The van der Waals surface area contributed by atoms with Gasteiger partial charge < -0.3 is 20.8 Å². The minimum Gasteiger partial charge on any atom is -0.489 e.